The Hall–Kier alpha value is 0.536. The van der Waals surface area contributed by atoms with Crippen molar-refractivity contribution in [3.63, 3.8) is 0 Å². The van der Waals surface area contributed by atoms with Crippen molar-refractivity contribution in [2.45, 2.75) is 468 Å². The van der Waals surface area contributed by atoms with E-state index in [1.54, 1.807) is 0 Å². The summed E-state index contributed by atoms with van der Waals surface area (Å²) in [7, 11) is 0. The molecule has 0 unspecified atom stereocenters. The van der Waals surface area contributed by atoms with E-state index in [-0.39, 0.29) is 568 Å². The summed E-state index contributed by atoms with van der Waals surface area (Å²) in [5, 5.41) is 0. The van der Waals surface area contributed by atoms with Gasteiger partial charge in [-0.3, -0.25) is 4.70 Å². The number of hydrogen-bond donors (Lipinski definition) is 44. The summed E-state index contributed by atoms with van der Waals surface area (Å²) in [5.74, 6) is 0. The fraction of sp³-hybridized carbons (Fsp3) is 1.00. The van der Waals surface area contributed by atoms with Crippen LogP contribution in [0.1, 0.15) is 945 Å². The first kappa shape index (κ1) is 33.6. The smallest absolute Gasteiger partial charge is 1.00 e. The van der Waals surface area contributed by atoms with Crippen LogP contribution in [0.5, 0.6) is 0 Å². The summed E-state index contributed by atoms with van der Waals surface area (Å²) in [6.45, 7) is 0. The summed E-state index contributed by atoms with van der Waals surface area (Å²) < 4.78 is 1770. The molecule has 0 saturated carbocycles. The van der Waals surface area contributed by atoms with Crippen LogP contribution in [0.25, 0.3) is 0 Å². The Kier molecular flexibility index (Phi) is 1370000. The van der Waals surface area contributed by atoms with Crippen LogP contribution in [-0.4, -0.2) is 0 Å². The van der Waals surface area contributed by atoms with Crippen LogP contribution >= 0.6 is 0 Å². The van der Waals surface area contributed by atoms with Crippen LogP contribution < -0.4 is 346 Å². The van der Waals surface area contributed by atoms with Gasteiger partial charge < -0.3 is 294 Å². The van der Waals surface area contributed by atoms with Gasteiger partial charge in [-0.2, -0.15) is 0 Å². The molecule has 47 heteroatoms. The van der Waals surface area contributed by atoms with Gasteiger partial charge >= 0.3 is 51.4 Å². The molecule has 44 nitrogen and oxygen atoms in total. The van der Waals surface area contributed by atoms with Crippen molar-refractivity contribution in [1.82, 2.24) is 270 Å². The summed E-state index contributed by atoms with van der Waals surface area (Å²) >= 11 is 0. The van der Waals surface area contributed by atoms with Crippen molar-refractivity contribution >= 4 is 0 Å². The van der Waals surface area contributed by atoms with Crippen molar-refractivity contribution in [2.75, 3.05) is 0 Å². The van der Waals surface area contributed by atoms with Gasteiger partial charge in [0, 0.05) is 477 Å². The molecular weight excluding hydrogens is 1560 g/mol. The third kappa shape index (κ3) is 4360000. The summed E-state index contributed by atoms with van der Waals surface area (Å²) in [5.41, 5.74) is 0. The van der Waals surface area contributed by atoms with E-state index in [2.05, 4.69) is 270 Å². The molecule has 0 aromatic heterocycles. The van der Waals surface area contributed by atoms with Crippen molar-refractivity contribution in [1.29, 1.82) is 0 Å². The zero-order valence-corrected chi connectivity index (χ0v) is 32.5. The molecule has 1208 valence electrons. The molecular formula is C63H721FIKN44. The SMILES string of the molecule is C.C.C.C.C.C.C.C.C.C.C.C.C.C.C.C.C.C.C.C.C.C.C.C.C.C.C.C.C.C.C.C.C.C.C.C.C.C.C.C.C.C.C.C.C.C.C.C.C.C.C.C.C.C.C.C.C.C.C.C.C.C.C.F.[2HH].[2HH].[2HH].[2HH].[2HH].[2HH].[2HH].[2HH].[2HH].[2HH].[2HH].[2HH].[2HH].[2H]N.[2H]N.[2H]N.[2H]N.[2H]N.[2H]N.[2H]N.[2H]N.[2H]N.[2H]N.[2H]N.[2H]N.[2H]N.[2H]N.[2H]N.[2H]N.[2H]N.[2H]N.[2H]N.[2H]N.[2H]N.[2H]N.[2H]N.[2H]N.[2H]N.[2H]N.[2H]N.[2H]N.[2H]N.[2H]N.[2H]N.[2H]N.[2H]N.[2H]N.[2H]N.[2H]N.[2H]N.[2H]N.[2H]N.[2H]N.[2H]N.[2H]N.[2H]N.[2H]N.[2H][2H].[2H][2H].[2H][2H].[2H][2H].[2H][2H].[2H][2H].[2H][2H].[2H][2H].[2H][2H].[2H][2H].[2H][2H].[2H][2H].[2H][2H].[2H][2H].[2H][2H].[2H][2H].[2H][2H].[2H][2H].[2H][2H].[2H][2H].[2H][2H].[2H][2H].[2H][2H].[2H][2H].[2H][2H].[2H][2H].[2H][2H].[2H][2H].[2H][2H].[2H][2H].[2H][2H].[2H][2H].[2H][2H].[2H][2H].[2H][2H].[2H][2H].[2H][2H].[2H][2H].[2H][2H].[2H][2H].[2H][2H].[2H][2H].[2H][2H].[2H][2H].[2H][2H].[2H][2H].[2H][2H].[2H][2H].[2H][2H].[2H][2H].[2H][2H].[2H][2H].[2H][2H].[2H][2H].[2H][2H].[2H][2H].[2H][2H].[2H][2H].[2H][2H].[2H][2H].[2H][2H].[2H][2H].[2H][2H].[2H][2H].[2H][2H].[2H][2H].[2H][2H].[2H][2H].[2H][2H].[2H][2H].[2H][2H].[2H][2H].[2H][2H].[2H][2H].[2H][2H].[2H][2H].[2H][2H].[2H][2H].[2H][2H].[2H][2H].[2H][2H].[2H][2H].[2H][2H].[2H][2H].[2H][2H].[2H][2H].[2H][2H].[2H][2H].[2H][2H].[2H][2H].[2H][2H].[2H][2H].[2H][2H].[2H][2H].[2H][2H].[2H][2H].[2H][2H].[2H][2H].[2H][2H].[2H][2H].[2H][2H].[2H][2H].[2H][2H].[2H][2H].[2H][2H].[2H][2H].[2H][2H].[2H][2H].[2H][2H].[2H][2H].[2H][2H].[2H][2H].[2H][2H].[2H][2H].[2H][2H].[2H][2H].[2H][2H].[2H][2H].[2H][2H].[2H][2H].[2H][2H].[2H][2H].[2H][2H].[2H][2H].[2H][2H].[2H][2H].[2H][2H].[2H][2H].[2H][2H].[2H][2H].[2H][2H].[2H][2H].[2H][2H].[2H][2H].[2H][2H].[2H][2H].[2H][2H].[2H][2H].[2H][2H].[2H][2H].[2H][2H].[2H][2H].[2H][2H].[2H][2H].[2H][2H].[2H][2H].[2H][2H].[2H][2H].[2H][2H].[2H][2H].[2H][2H].[2H][2H].[2H][2H].[2H][2H].[HH].[I-].[K+]. The van der Waals surface area contributed by atoms with E-state index in [1.165, 1.54) is 0 Å². The maximum absolute atomic E-state index is 5.25. The van der Waals surface area contributed by atoms with Crippen molar-refractivity contribution in [2.24, 2.45) is 0 Å². The minimum atomic E-state index is 0. The van der Waals surface area contributed by atoms with Crippen LogP contribution in [-0.2, 0) is 0 Å². The molecule has 0 aliphatic rings. The second-order valence-corrected chi connectivity index (χ2v) is 0. The largest absolute Gasteiger partial charge is 1.00 e. The minimum Gasteiger partial charge on any atom is -1.00 e. The molecule has 0 amide bonds. The fourth-order valence-corrected chi connectivity index (χ4v) is 0. The zero-order valence-electron chi connectivity index (χ0n) is 379. The molecule has 0 rings (SSSR count). The minimum absolute atomic E-state index is 0. The zero-order chi connectivity index (χ0) is 396. The Morgan fingerprint density at radius 3 is 0.0909 bits per heavy atom. The predicted octanol–water partition coefficient (Wildman–Crippen LogP) is 82.7. The molecule has 0 aromatic carbocycles. The van der Waals surface area contributed by atoms with E-state index in [4.69, 9.17) is 519 Å². The molecule has 0 aromatic rings. The van der Waals surface area contributed by atoms with Gasteiger partial charge in [0.15, 0.2) is 0 Å². The molecule has 0 radical (unpaired) electrons. The topological polar surface area (TPSA) is 1540 Å². The van der Waals surface area contributed by atoms with Crippen LogP contribution in [0, 0.1) is 0 Å². The van der Waals surface area contributed by atoms with Crippen LogP contribution in [0.4, 0.5) is 4.70 Å². The molecule has 0 heterocycles. The Labute approximate surface area is 1370 Å². The van der Waals surface area contributed by atoms with Gasteiger partial charge in [0.2, 0.25) is 0 Å². The van der Waals surface area contributed by atoms with Gasteiger partial charge in [-0.05, 0) is 0 Å². The number of hydrogen-bond acceptors (Lipinski definition) is 44. The van der Waals surface area contributed by atoms with Crippen molar-refractivity contribution < 1.29 is 619 Å². The Balaban J connectivity index is -0.00000000300. The van der Waals surface area contributed by atoms with Crippen LogP contribution in [0.15, 0.2) is 0 Å². The molecule has 0 saturated heterocycles. The van der Waals surface area contributed by atoms with Crippen molar-refractivity contribution in [3.05, 3.63) is 0 Å². The average Bonchev–Trinajstić information content (AvgIpc) is 4.86. The Morgan fingerprint density at radius 1 is 0.0909 bits per heavy atom. The third-order valence-electron chi connectivity index (χ3n) is 0. The molecule has 0 fully saturated rings. The van der Waals surface area contributed by atoms with E-state index in [0.717, 1.165) is 0 Å². The quantitative estimate of drug-likeness (QED) is 0.0791. The monoisotopic (exact) mass is 2650 g/mol. The summed E-state index contributed by atoms with van der Waals surface area (Å²) in [6, 6.07) is 0. The maximum Gasteiger partial charge on any atom is 1.00 e. The van der Waals surface area contributed by atoms with Gasteiger partial charge in [0.25, 0.3) is 0 Å². The number of rotatable bonds is 0. The first-order chi connectivity index (χ1) is 198. The van der Waals surface area contributed by atoms with Gasteiger partial charge in [-0.25, -0.2) is 0 Å². The first-order valence-corrected chi connectivity index (χ1v) is 0. The second-order valence-electron chi connectivity index (χ2n) is 0. The summed E-state index contributed by atoms with van der Waals surface area (Å²) in [4.78, 5) is 0. The van der Waals surface area contributed by atoms with E-state index in [9.17, 15) is 0 Å². The molecule has 0 aliphatic heterocycles. The van der Waals surface area contributed by atoms with Crippen LogP contribution in [0.3, 0.4) is 0 Å². The standard InChI is InChI=1S/63CH4.FH.HI.K.44H3N.168H2/h63*1H4;2*1H;;44*1H3;168*1H/q;;;;;;;;;;;;;;;;;;;;;;;;;;;;;;;;;;;;;;;;;;;;;;;;;;;;;;;;;;;;;;;;;+1;;;;;;;;;;;;;;;;;;;;;;;;;;;;;;;;;;;;;;;;;;;;;;;;;;;;;;;;;;;;;;;;;;;;;;;;;;;;;;;;;;;;;;;;;;;;;;;;;;;;;;;;;;;;;;;;;;;;;;;;;;;;;;;;;;;;;;;;;;;;;;;;;;;;;;;;;;;;;;;;;;;;;;;;;;;;;;;;;;;;;;;;;;;;;;;;;;;;;;;;;;;;;;;;;;;;/p-1/i;;;;;;;;;;;;;;;;;;;;;;;;;;;;;;;;;;;;;;;;;;;;;;;;;;;;;;;;;;;;;;;;;;;;;;;;;;;;;;;;;;;;;;;;;;;;;;;;;;;;;;;;;;;;;;154*1+1D;13*1+1;/hD44. The van der Waals surface area contributed by atoms with E-state index >= 15 is 0 Å². The van der Waals surface area contributed by atoms with Gasteiger partial charge in [-0.15, -0.1) is 0 Å². The van der Waals surface area contributed by atoms with E-state index < -0.39 is 0 Å². The fourth-order valence-electron chi connectivity index (χ4n) is 0. The Morgan fingerprint density at radius 2 is 0.0909 bits per heavy atom. The van der Waals surface area contributed by atoms with Gasteiger partial charge in [-0.1, -0.05) is 468 Å². The predicted molar refractivity (Wildman–Crippen MR) is 1000 cm³/mol. The molecule has 110 heavy (non-hydrogen) atoms. The molecule has 0 spiro atoms. The number of halogens is 2. The van der Waals surface area contributed by atoms with E-state index in [0.29, 0.717) is 0 Å². The van der Waals surface area contributed by atoms with Crippen molar-refractivity contribution in [3.8, 4) is 0 Å². The third-order valence-corrected chi connectivity index (χ3v) is 0. The molecule has 0 bridgehead atoms. The van der Waals surface area contributed by atoms with Gasteiger partial charge in [0.1, 0.15) is 62.1 Å². The Bertz CT molecular complexity index is 500. The van der Waals surface area contributed by atoms with E-state index in [1.807, 2.05) is 0 Å². The maximum atomic E-state index is 5.25. The molecule has 0 atom stereocenters. The normalized spacial score (nSPS) is 14.0. The second kappa shape index (κ2) is 4490000. The van der Waals surface area contributed by atoms with Crippen LogP contribution in [0.2, 0.25) is 62.1 Å². The molecule has 0 aliphatic carbocycles. The molecule has 132 N–H and O–H groups in total. The van der Waals surface area contributed by atoms with Gasteiger partial charge in [0.05, 0.1) is 0 Å². The first-order valence-electron chi connectivity index (χ1n) is 179. The average molecular weight is 2650 g/mol. The summed E-state index contributed by atoms with van der Waals surface area (Å²) in [6.07, 6.45) is 165.